The summed E-state index contributed by atoms with van der Waals surface area (Å²) in [5.74, 6) is -0.245. The van der Waals surface area contributed by atoms with Crippen LogP contribution in [0.3, 0.4) is 0 Å². The first kappa shape index (κ1) is 8.88. The molecule has 0 aliphatic heterocycles. The Bertz CT molecular complexity index is 72.7. The molecule has 3 N–H and O–H groups in total. The quantitative estimate of drug-likeness (QED) is 0.481. The normalized spacial score (nSPS) is 21.0. The molecule has 3 atom stereocenters. The smallest absolute Gasteiger partial charge is 0.0843 e. The molecule has 0 aliphatic rings. The molecular formula is C6H14O3. The second kappa shape index (κ2) is 3.82. The van der Waals surface area contributed by atoms with E-state index in [0.29, 0.717) is 0 Å². The van der Waals surface area contributed by atoms with Crippen LogP contribution in [0.4, 0.5) is 0 Å². The molecule has 0 rings (SSSR count). The van der Waals surface area contributed by atoms with Crippen molar-refractivity contribution in [3.63, 3.8) is 0 Å². The van der Waals surface area contributed by atoms with Crippen LogP contribution in [0.1, 0.15) is 13.8 Å². The van der Waals surface area contributed by atoms with E-state index in [0.717, 1.165) is 0 Å². The standard InChI is InChI=1S/C6H14O3/c1-4(3-7)6(9)5(2)8/h4-9H,3H2,1-2H3/t4-,5-,6+/m0/s1. The van der Waals surface area contributed by atoms with Crippen molar-refractivity contribution in [2.45, 2.75) is 26.1 Å². The highest BCUT2D eigenvalue weighted by Crippen LogP contribution is 2.04. The zero-order valence-corrected chi connectivity index (χ0v) is 5.78. The molecule has 0 amide bonds. The Morgan fingerprint density at radius 3 is 1.78 bits per heavy atom. The molecule has 3 heteroatoms. The van der Waals surface area contributed by atoms with E-state index in [1.165, 1.54) is 6.92 Å². The van der Waals surface area contributed by atoms with Crippen LogP contribution < -0.4 is 0 Å². The monoisotopic (exact) mass is 134 g/mol. The number of hydrogen-bond acceptors (Lipinski definition) is 3. The summed E-state index contributed by atoms with van der Waals surface area (Å²) in [5.41, 5.74) is 0. The van der Waals surface area contributed by atoms with Gasteiger partial charge in [-0.2, -0.15) is 0 Å². The SMILES string of the molecule is C[C@H](O)[C@H](O)[C@@H](C)CO. The predicted molar refractivity (Wildman–Crippen MR) is 33.9 cm³/mol. The van der Waals surface area contributed by atoms with E-state index in [9.17, 15) is 0 Å². The van der Waals surface area contributed by atoms with E-state index >= 15 is 0 Å². The average Bonchev–Trinajstić information content (AvgIpc) is 1.84. The highest BCUT2D eigenvalue weighted by Gasteiger charge is 2.17. The third kappa shape index (κ3) is 2.79. The summed E-state index contributed by atoms with van der Waals surface area (Å²) in [7, 11) is 0. The lowest BCUT2D eigenvalue weighted by atomic mass is 10.0. The number of rotatable bonds is 3. The molecule has 0 saturated heterocycles. The minimum Gasteiger partial charge on any atom is -0.396 e. The fraction of sp³-hybridized carbons (Fsp3) is 1.00. The first-order valence-corrected chi connectivity index (χ1v) is 3.06. The van der Waals surface area contributed by atoms with Crippen molar-refractivity contribution < 1.29 is 15.3 Å². The second-order valence-corrected chi connectivity index (χ2v) is 2.39. The van der Waals surface area contributed by atoms with Gasteiger partial charge in [0.15, 0.2) is 0 Å². The molecule has 0 radical (unpaired) electrons. The van der Waals surface area contributed by atoms with Crippen molar-refractivity contribution in [1.29, 1.82) is 0 Å². The van der Waals surface area contributed by atoms with Crippen molar-refractivity contribution in [1.82, 2.24) is 0 Å². The van der Waals surface area contributed by atoms with Gasteiger partial charge in [0.25, 0.3) is 0 Å². The molecule has 0 heterocycles. The van der Waals surface area contributed by atoms with Crippen molar-refractivity contribution in [3.05, 3.63) is 0 Å². The van der Waals surface area contributed by atoms with Crippen LogP contribution in [-0.2, 0) is 0 Å². The zero-order chi connectivity index (χ0) is 7.44. The minimum absolute atomic E-state index is 0.0912. The Morgan fingerprint density at radius 1 is 1.22 bits per heavy atom. The lowest BCUT2D eigenvalue weighted by molar-refractivity contribution is -0.0174. The molecule has 56 valence electrons. The maximum absolute atomic E-state index is 8.98. The highest BCUT2D eigenvalue weighted by molar-refractivity contribution is 4.67. The van der Waals surface area contributed by atoms with Crippen LogP contribution in [0, 0.1) is 5.92 Å². The van der Waals surface area contributed by atoms with Gasteiger partial charge in [-0.3, -0.25) is 0 Å². The van der Waals surface area contributed by atoms with Crippen molar-refractivity contribution in [2.75, 3.05) is 6.61 Å². The summed E-state index contributed by atoms with van der Waals surface area (Å²) < 4.78 is 0. The maximum atomic E-state index is 8.98. The Balaban J connectivity index is 3.58. The van der Waals surface area contributed by atoms with Crippen LogP contribution in [0.5, 0.6) is 0 Å². The van der Waals surface area contributed by atoms with Gasteiger partial charge in [0.2, 0.25) is 0 Å². The van der Waals surface area contributed by atoms with E-state index in [1.54, 1.807) is 6.92 Å². The first-order chi connectivity index (χ1) is 4.09. The van der Waals surface area contributed by atoms with Crippen LogP contribution >= 0.6 is 0 Å². The van der Waals surface area contributed by atoms with Gasteiger partial charge in [-0.15, -0.1) is 0 Å². The summed E-state index contributed by atoms with van der Waals surface area (Å²) in [6.45, 7) is 3.08. The van der Waals surface area contributed by atoms with E-state index < -0.39 is 12.2 Å². The molecular weight excluding hydrogens is 120 g/mol. The van der Waals surface area contributed by atoms with Gasteiger partial charge in [-0.25, -0.2) is 0 Å². The van der Waals surface area contributed by atoms with Gasteiger partial charge in [0, 0.05) is 12.5 Å². The molecule has 0 aromatic rings. The molecule has 0 fully saturated rings. The number of hydrogen-bond donors (Lipinski definition) is 3. The molecule has 0 aromatic carbocycles. The third-order valence-electron chi connectivity index (χ3n) is 1.37. The third-order valence-corrected chi connectivity index (χ3v) is 1.37. The summed E-state index contributed by atoms with van der Waals surface area (Å²) in [6.07, 6.45) is -1.57. The largest absolute Gasteiger partial charge is 0.396 e. The van der Waals surface area contributed by atoms with Gasteiger partial charge in [-0.05, 0) is 6.92 Å². The molecule has 0 saturated carbocycles. The minimum atomic E-state index is -0.810. The van der Waals surface area contributed by atoms with Crippen molar-refractivity contribution >= 4 is 0 Å². The van der Waals surface area contributed by atoms with Crippen LogP contribution in [0.25, 0.3) is 0 Å². The summed E-state index contributed by atoms with van der Waals surface area (Å²) >= 11 is 0. The highest BCUT2D eigenvalue weighted by atomic mass is 16.3. The molecule has 3 nitrogen and oxygen atoms in total. The van der Waals surface area contributed by atoms with Crippen LogP contribution in [0.2, 0.25) is 0 Å². The fourth-order valence-corrected chi connectivity index (χ4v) is 0.583. The molecule has 0 aliphatic carbocycles. The van der Waals surface area contributed by atoms with E-state index in [-0.39, 0.29) is 12.5 Å². The summed E-state index contributed by atoms with van der Waals surface area (Å²) in [5, 5.41) is 26.2. The van der Waals surface area contributed by atoms with E-state index in [2.05, 4.69) is 0 Å². The van der Waals surface area contributed by atoms with Crippen molar-refractivity contribution in [2.24, 2.45) is 5.92 Å². The summed E-state index contributed by atoms with van der Waals surface area (Å²) in [6, 6.07) is 0. The number of aliphatic hydroxyl groups is 3. The Hall–Kier alpha value is -0.120. The number of aliphatic hydroxyl groups excluding tert-OH is 3. The van der Waals surface area contributed by atoms with Crippen LogP contribution in [-0.4, -0.2) is 34.1 Å². The molecule has 0 aromatic heterocycles. The van der Waals surface area contributed by atoms with Gasteiger partial charge >= 0.3 is 0 Å². The topological polar surface area (TPSA) is 60.7 Å². The van der Waals surface area contributed by atoms with E-state index in [4.69, 9.17) is 15.3 Å². The zero-order valence-electron chi connectivity index (χ0n) is 5.78. The van der Waals surface area contributed by atoms with Gasteiger partial charge in [0.1, 0.15) is 0 Å². The van der Waals surface area contributed by atoms with Crippen LogP contribution in [0.15, 0.2) is 0 Å². The van der Waals surface area contributed by atoms with Gasteiger partial charge in [-0.1, -0.05) is 6.92 Å². The Kier molecular flexibility index (Phi) is 3.77. The molecule has 0 bridgehead atoms. The lowest BCUT2D eigenvalue weighted by Crippen LogP contribution is -2.31. The summed E-state index contributed by atoms with van der Waals surface area (Å²) in [4.78, 5) is 0. The van der Waals surface area contributed by atoms with Gasteiger partial charge < -0.3 is 15.3 Å². The predicted octanol–water partition coefficient (Wildman–Crippen LogP) is -0.644. The second-order valence-electron chi connectivity index (χ2n) is 2.39. The van der Waals surface area contributed by atoms with Crippen molar-refractivity contribution in [3.8, 4) is 0 Å². The molecule has 9 heavy (non-hydrogen) atoms. The van der Waals surface area contributed by atoms with E-state index in [1.807, 2.05) is 0 Å². The maximum Gasteiger partial charge on any atom is 0.0843 e. The first-order valence-electron chi connectivity index (χ1n) is 3.06. The van der Waals surface area contributed by atoms with Gasteiger partial charge in [0.05, 0.1) is 12.2 Å². The molecule has 0 unspecified atom stereocenters. The Labute approximate surface area is 54.9 Å². The fourth-order valence-electron chi connectivity index (χ4n) is 0.583. The Morgan fingerprint density at radius 2 is 1.67 bits per heavy atom. The average molecular weight is 134 g/mol. The molecule has 0 spiro atoms. The lowest BCUT2D eigenvalue weighted by Gasteiger charge is -2.18.